The van der Waals surface area contributed by atoms with Crippen LogP contribution in [0.4, 0.5) is 11.5 Å². The molecule has 0 bridgehead atoms. The number of amides is 1. The van der Waals surface area contributed by atoms with Crippen LogP contribution in [0.5, 0.6) is 5.75 Å². The number of nitrogen functional groups attached to an aromatic ring is 1. The zero-order chi connectivity index (χ0) is 24.4. The van der Waals surface area contributed by atoms with Gasteiger partial charge in [0, 0.05) is 11.3 Å². The van der Waals surface area contributed by atoms with Gasteiger partial charge in [-0.2, -0.15) is 10.1 Å². The molecule has 0 fully saturated rings. The Morgan fingerprint density at radius 1 is 1.18 bits per heavy atom. The maximum atomic E-state index is 12.8. The van der Waals surface area contributed by atoms with Crippen LogP contribution >= 0.6 is 11.8 Å². The standard InChI is InChI=1S/C24H26N6O3S/c1-13-10-14(2)20(15(3)11-13)26-18(31)12-30-21(25)19(24(28-30)34-5)23-27-22(29-33-23)16-6-8-17(32-4)9-7-16/h6-11H,12,25H2,1-5H3,(H,26,31). The van der Waals surface area contributed by atoms with Crippen molar-refractivity contribution in [2.24, 2.45) is 0 Å². The van der Waals surface area contributed by atoms with Gasteiger partial charge in [-0.25, -0.2) is 4.68 Å². The quantitative estimate of drug-likeness (QED) is 0.373. The van der Waals surface area contributed by atoms with Crippen LogP contribution in [-0.4, -0.2) is 39.2 Å². The first-order valence-electron chi connectivity index (χ1n) is 10.6. The second-order valence-electron chi connectivity index (χ2n) is 7.90. The van der Waals surface area contributed by atoms with E-state index >= 15 is 0 Å². The maximum Gasteiger partial charge on any atom is 0.264 e. The number of hydrogen-bond donors (Lipinski definition) is 2. The van der Waals surface area contributed by atoms with Crippen LogP contribution in [0.3, 0.4) is 0 Å². The molecule has 1 amide bonds. The van der Waals surface area contributed by atoms with Crippen molar-refractivity contribution >= 4 is 29.2 Å². The van der Waals surface area contributed by atoms with Crippen molar-refractivity contribution in [3.63, 3.8) is 0 Å². The molecule has 0 aliphatic rings. The van der Waals surface area contributed by atoms with Gasteiger partial charge in [0.1, 0.15) is 28.7 Å². The lowest BCUT2D eigenvalue weighted by Crippen LogP contribution is -2.21. The summed E-state index contributed by atoms with van der Waals surface area (Å²) < 4.78 is 12.1. The smallest absolute Gasteiger partial charge is 0.264 e. The highest BCUT2D eigenvalue weighted by molar-refractivity contribution is 7.98. The number of aromatic nitrogens is 4. The lowest BCUT2D eigenvalue weighted by molar-refractivity contribution is -0.116. The van der Waals surface area contributed by atoms with Crippen LogP contribution in [-0.2, 0) is 11.3 Å². The molecular formula is C24H26N6O3S. The van der Waals surface area contributed by atoms with Gasteiger partial charge in [0.05, 0.1) is 7.11 Å². The average Bonchev–Trinajstić information content (AvgIpc) is 3.41. The molecule has 0 spiro atoms. The summed E-state index contributed by atoms with van der Waals surface area (Å²) in [7, 11) is 1.61. The van der Waals surface area contributed by atoms with Gasteiger partial charge in [-0.15, -0.1) is 11.8 Å². The number of aryl methyl sites for hydroxylation is 3. The number of carbonyl (C=O) groups excluding carboxylic acids is 1. The van der Waals surface area contributed by atoms with Crippen LogP contribution in [0.25, 0.3) is 22.8 Å². The van der Waals surface area contributed by atoms with E-state index in [0.717, 1.165) is 33.7 Å². The second-order valence-corrected chi connectivity index (χ2v) is 8.70. The van der Waals surface area contributed by atoms with E-state index in [2.05, 4.69) is 20.6 Å². The highest BCUT2D eigenvalue weighted by atomic mass is 32.2. The van der Waals surface area contributed by atoms with Crippen molar-refractivity contribution < 1.29 is 14.1 Å². The molecule has 0 aliphatic carbocycles. The third kappa shape index (κ3) is 4.62. The number of hydrogen-bond acceptors (Lipinski definition) is 8. The summed E-state index contributed by atoms with van der Waals surface area (Å²) in [6.07, 6.45) is 1.87. The molecule has 0 aliphatic heterocycles. The molecule has 2 heterocycles. The van der Waals surface area contributed by atoms with Crippen molar-refractivity contribution in [3.8, 4) is 28.6 Å². The molecule has 0 atom stereocenters. The predicted octanol–water partition coefficient (Wildman–Crippen LogP) is 4.48. The van der Waals surface area contributed by atoms with E-state index in [1.165, 1.54) is 16.4 Å². The number of rotatable bonds is 7. The number of carbonyl (C=O) groups is 1. The summed E-state index contributed by atoms with van der Waals surface area (Å²) in [6.45, 7) is 5.92. The van der Waals surface area contributed by atoms with Crippen LogP contribution in [0.1, 0.15) is 16.7 Å². The summed E-state index contributed by atoms with van der Waals surface area (Å²) in [6, 6.07) is 11.4. The van der Waals surface area contributed by atoms with E-state index < -0.39 is 0 Å². The highest BCUT2D eigenvalue weighted by Crippen LogP contribution is 2.35. The number of nitrogens with two attached hydrogens (primary N) is 1. The Balaban J connectivity index is 1.58. The van der Waals surface area contributed by atoms with Gasteiger partial charge >= 0.3 is 0 Å². The Hall–Kier alpha value is -3.79. The zero-order valence-electron chi connectivity index (χ0n) is 19.7. The van der Waals surface area contributed by atoms with Crippen molar-refractivity contribution in [2.75, 3.05) is 24.4 Å². The van der Waals surface area contributed by atoms with E-state index in [4.69, 9.17) is 15.0 Å². The first kappa shape index (κ1) is 23.4. The molecular weight excluding hydrogens is 452 g/mol. The van der Waals surface area contributed by atoms with Crippen molar-refractivity contribution in [2.45, 2.75) is 32.3 Å². The Bertz CT molecular complexity index is 1320. The van der Waals surface area contributed by atoms with Gasteiger partial charge in [-0.3, -0.25) is 4.79 Å². The summed E-state index contributed by atoms with van der Waals surface area (Å²) in [5.41, 5.74) is 11.6. The van der Waals surface area contributed by atoms with Crippen LogP contribution in [0, 0.1) is 20.8 Å². The molecule has 0 radical (unpaired) electrons. The van der Waals surface area contributed by atoms with Gasteiger partial charge in [0.15, 0.2) is 0 Å². The lowest BCUT2D eigenvalue weighted by atomic mass is 10.1. The fourth-order valence-electron chi connectivity index (χ4n) is 3.79. The average molecular weight is 479 g/mol. The number of thioether (sulfide) groups is 1. The molecule has 4 aromatic rings. The lowest BCUT2D eigenvalue weighted by Gasteiger charge is -2.13. The Morgan fingerprint density at radius 3 is 2.47 bits per heavy atom. The fourth-order valence-corrected chi connectivity index (χ4v) is 4.37. The van der Waals surface area contributed by atoms with Gasteiger partial charge in [0.25, 0.3) is 5.89 Å². The first-order valence-corrected chi connectivity index (χ1v) is 11.8. The Morgan fingerprint density at radius 2 is 1.85 bits per heavy atom. The predicted molar refractivity (Wildman–Crippen MR) is 133 cm³/mol. The van der Waals surface area contributed by atoms with Gasteiger partial charge in [-0.05, 0) is 62.4 Å². The second kappa shape index (κ2) is 9.60. The maximum absolute atomic E-state index is 12.8. The van der Waals surface area contributed by atoms with E-state index in [-0.39, 0.29) is 24.2 Å². The van der Waals surface area contributed by atoms with Crippen molar-refractivity contribution in [3.05, 3.63) is 53.1 Å². The largest absolute Gasteiger partial charge is 0.497 e. The molecule has 2 aromatic carbocycles. The zero-order valence-corrected chi connectivity index (χ0v) is 20.5. The SMILES string of the molecule is COc1ccc(-c2noc(-c3c(SC)nn(CC(=O)Nc4c(C)cc(C)cc4C)c3N)n2)cc1. The summed E-state index contributed by atoms with van der Waals surface area (Å²) in [4.78, 5) is 17.3. The van der Waals surface area contributed by atoms with E-state index in [0.29, 0.717) is 16.4 Å². The molecule has 34 heavy (non-hydrogen) atoms. The normalized spacial score (nSPS) is 11.0. The molecule has 0 unspecified atom stereocenters. The van der Waals surface area contributed by atoms with Crippen LogP contribution in [0.15, 0.2) is 45.9 Å². The first-order chi connectivity index (χ1) is 16.3. The topological polar surface area (TPSA) is 121 Å². The van der Waals surface area contributed by atoms with Crippen molar-refractivity contribution in [1.29, 1.82) is 0 Å². The Kier molecular flexibility index (Phi) is 6.60. The number of ether oxygens (including phenoxy) is 1. The summed E-state index contributed by atoms with van der Waals surface area (Å²) >= 11 is 1.38. The molecule has 2 aromatic heterocycles. The minimum atomic E-state index is -0.229. The Labute approximate surface area is 201 Å². The fraction of sp³-hybridized carbons (Fsp3) is 0.250. The third-order valence-electron chi connectivity index (χ3n) is 5.38. The number of anilines is 2. The number of nitrogens with zero attached hydrogens (tertiary/aromatic N) is 4. The number of methoxy groups -OCH3 is 1. The highest BCUT2D eigenvalue weighted by Gasteiger charge is 2.24. The minimum absolute atomic E-state index is 0.0500. The molecule has 9 nitrogen and oxygen atoms in total. The van der Waals surface area contributed by atoms with Gasteiger partial charge in [-0.1, -0.05) is 22.9 Å². The molecule has 176 valence electrons. The molecule has 4 rings (SSSR count). The number of nitrogens with one attached hydrogen (secondary N) is 1. The minimum Gasteiger partial charge on any atom is -0.497 e. The van der Waals surface area contributed by atoms with E-state index in [1.54, 1.807) is 7.11 Å². The van der Waals surface area contributed by atoms with Gasteiger partial charge < -0.3 is 20.3 Å². The molecule has 0 saturated heterocycles. The molecule has 3 N–H and O–H groups in total. The molecule has 0 saturated carbocycles. The van der Waals surface area contributed by atoms with Crippen LogP contribution < -0.4 is 15.8 Å². The summed E-state index contributed by atoms with van der Waals surface area (Å²) in [5.74, 6) is 1.44. The van der Waals surface area contributed by atoms with E-state index in [1.807, 2.05) is 63.4 Å². The third-order valence-corrected chi connectivity index (χ3v) is 6.05. The van der Waals surface area contributed by atoms with Gasteiger partial charge in [0.2, 0.25) is 11.7 Å². The summed E-state index contributed by atoms with van der Waals surface area (Å²) in [5, 5.41) is 12.2. The van der Waals surface area contributed by atoms with Crippen LogP contribution in [0.2, 0.25) is 0 Å². The van der Waals surface area contributed by atoms with E-state index in [9.17, 15) is 4.79 Å². The molecule has 10 heteroatoms. The number of benzene rings is 2. The van der Waals surface area contributed by atoms with Crippen molar-refractivity contribution in [1.82, 2.24) is 19.9 Å². The monoisotopic (exact) mass is 478 g/mol.